The minimum atomic E-state index is -1.08. The van der Waals surface area contributed by atoms with Gasteiger partial charge in [0.05, 0.1) is 18.0 Å². The van der Waals surface area contributed by atoms with E-state index in [4.69, 9.17) is 0 Å². The summed E-state index contributed by atoms with van der Waals surface area (Å²) in [6, 6.07) is 9.61. The van der Waals surface area contributed by atoms with E-state index in [0.29, 0.717) is 0 Å². The maximum Gasteiger partial charge on any atom is 0.326 e. The van der Waals surface area contributed by atoms with Crippen molar-refractivity contribution in [3.8, 4) is 0 Å². The first-order chi connectivity index (χ1) is 9.66. The first-order valence-corrected chi connectivity index (χ1v) is 6.01. The van der Waals surface area contributed by atoms with Crippen LogP contribution in [0.2, 0.25) is 0 Å². The second kappa shape index (κ2) is 6.42. The van der Waals surface area contributed by atoms with Crippen LogP contribution < -0.4 is 5.32 Å². The number of carboxylic acids is 1. The summed E-state index contributed by atoms with van der Waals surface area (Å²) in [6.07, 6.45) is 2.89. The lowest BCUT2D eigenvalue weighted by Crippen LogP contribution is -2.42. The molecular weight excluding hydrogens is 258 g/mol. The average molecular weight is 271 g/mol. The highest BCUT2D eigenvalue weighted by atomic mass is 16.4. The van der Waals surface area contributed by atoms with Gasteiger partial charge in [0.1, 0.15) is 6.04 Å². The summed E-state index contributed by atoms with van der Waals surface area (Å²) >= 11 is 0. The van der Waals surface area contributed by atoms with Crippen molar-refractivity contribution in [2.24, 2.45) is 0 Å². The van der Waals surface area contributed by atoms with E-state index < -0.39 is 17.9 Å². The molecule has 1 heterocycles. The molecule has 0 aliphatic rings. The molecule has 1 atom stereocenters. The van der Waals surface area contributed by atoms with Gasteiger partial charge in [-0.3, -0.25) is 4.79 Å². The molecule has 0 saturated carbocycles. The van der Waals surface area contributed by atoms with Crippen molar-refractivity contribution in [1.29, 1.82) is 0 Å². The van der Waals surface area contributed by atoms with Crippen molar-refractivity contribution in [3.63, 3.8) is 0 Å². The monoisotopic (exact) mass is 271 g/mol. The van der Waals surface area contributed by atoms with Crippen LogP contribution >= 0.6 is 0 Å². The molecule has 2 rings (SSSR count). The zero-order chi connectivity index (χ0) is 14.4. The van der Waals surface area contributed by atoms with Gasteiger partial charge in [-0.2, -0.15) is 10.2 Å². The number of benzene rings is 1. The number of carbonyl (C=O) groups is 2. The molecule has 0 saturated heterocycles. The molecule has 102 valence electrons. The molecule has 2 aromatic rings. The molecule has 0 aliphatic carbocycles. The molecule has 0 radical (unpaired) electrons. The van der Waals surface area contributed by atoms with Gasteiger partial charge in [0, 0.05) is 6.42 Å². The quantitative estimate of drug-likeness (QED) is 0.843. The van der Waals surface area contributed by atoms with E-state index in [1.54, 1.807) is 0 Å². The summed E-state index contributed by atoms with van der Waals surface area (Å²) in [4.78, 5) is 23.1. The summed E-state index contributed by atoms with van der Waals surface area (Å²) in [7, 11) is 0. The Labute approximate surface area is 115 Å². The molecule has 1 unspecified atom stereocenters. The van der Waals surface area contributed by atoms with Crippen LogP contribution in [0.5, 0.6) is 0 Å². The number of hydrogen-bond acceptors (Lipinski definition) is 4. The lowest BCUT2D eigenvalue weighted by atomic mass is 10.1. The smallest absolute Gasteiger partial charge is 0.326 e. The van der Waals surface area contributed by atoms with Crippen molar-refractivity contribution < 1.29 is 14.7 Å². The summed E-state index contributed by atoms with van der Waals surface area (Å²) in [5.74, 6) is -1.56. The van der Waals surface area contributed by atoms with Crippen LogP contribution in [0.25, 0.3) is 0 Å². The number of aromatic nitrogens is 2. The standard InChI is InChI=1S/C14H13N3O3/c18-13(11-6-7-15-16-9-11)17-12(14(19)20)8-10-4-2-1-3-5-10/h1-7,9,12H,8H2,(H,17,18)(H,19,20). The largest absolute Gasteiger partial charge is 0.480 e. The normalized spacial score (nSPS) is 11.6. The Hall–Kier alpha value is -2.76. The van der Waals surface area contributed by atoms with Crippen LogP contribution in [0.3, 0.4) is 0 Å². The van der Waals surface area contributed by atoms with Crippen molar-refractivity contribution in [3.05, 3.63) is 59.9 Å². The number of amides is 1. The SMILES string of the molecule is O=C(NC(Cc1ccccc1)C(=O)O)c1ccnnc1. The lowest BCUT2D eigenvalue weighted by molar-refractivity contribution is -0.139. The molecule has 20 heavy (non-hydrogen) atoms. The summed E-state index contributed by atoms with van der Waals surface area (Å²) in [5.41, 5.74) is 1.12. The van der Waals surface area contributed by atoms with E-state index in [1.807, 2.05) is 30.3 Å². The van der Waals surface area contributed by atoms with Crippen molar-refractivity contribution in [2.75, 3.05) is 0 Å². The predicted molar refractivity (Wildman–Crippen MR) is 71.1 cm³/mol. The van der Waals surface area contributed by atoms with Crippen molar-refractivity contribution >= 4 is 11.9 Å². The van der Waals surface area contributed by atoms with Crippen LogP contribution in [0, 0.1) is 0 Å². The van der Waals surface area contributed by atoms with Gasteiger partial charge < -0.3 is 10.4 Å². The Morgan fingerprint density at radius 3 is 2.50 bits per heavy atom. The van der Waals surface area contributed by atoms with Gasteiger partial charge in [-0.15, -0.1) is 0 Å². The van der Waals surface area contributed by atoms with E-state index in [-0.39, 0.29) is 12.0 Å². The highest BCUT2D eigenvalue weighted by Crippen LogP contribution is 2.04. The molecule has 0 spiro atoms. The Morgan fingerprint density at radius 1 is 1.15 bits per heavy atom. The van der Waals surface area contributed by atoms with E-state index in [0.717, 1.165) is 5.56 Å². The third-order valence-electron chi connectivity index (χ3n) is 2.73. The molecule has 1 aromatic carbocycles. The maximum atomic E-state index is 11.9. The second-order valence-electron chi connectivity index (χ2n) is 4.19. The Bertz CT molecular complexity index is 587. The van der Waals surface area contributed by atoms with Crippen LogP contribution in [0.4, 0.5) is 0 Å². The molecule has 1 aromatic heterocycles. The number of nitrogens with one attached hydrogen (secondary N) is 1. The summed E-state index contributed by atoms with van der Waals surface area (Å²) in [6.45, 7) is 0. The van der Waals surface area contributed by atoms with Gasteiger partial charge in [-0.05, 0) is 11.6 Å². The molecule has 0 aliphatic heterocycles. The van der Waals surface area contributed by atoms with Gasteiger partial charge in [0.25, 0.3) is 5.91 Å². The fraction of sp³-hybridized carbons (Fsp3) is 0.143. The summed E-state index contributed by atoms with van der Waals surface area (Å²) in [5, 5.41) is 18.8. The van der Waals surface area contributed by atoms with Crippen LogP contribution in [-0.4, -0.2) is 33.2 Å². The van der Waals surface area contributed by atoms with Crippen LogP contribution in [-0.2, 0) is 11.2 Å². The predicted octanol–water partition coefficient (Wildman–Crippen LogP) is 0.902. The highest BCUT2D eigenvalue weighted by Gasteiger charge is 2.21. The lowest BCUT2D eigenvalue weighted by Gasteiger charge is -2.14. The molecule has 6 nitrogen and oxygen atoms in total. The van der Waals surface area contributed by atoms with Gasteiger partial charge in [0.15, 0.2) is 0 Å². The zero-order valence-corrected chi connectivity index (χ0v) is 10.6. The number of aliphatic carboxylic acids is 1. The highest BCUT2D eigenvalue weighted by molar-refractivity contribution is 5.96. The number of rotatable bonds is 5. The Balaban J connectivity index is 2.07. The first kappa shape index (κ1) is 13.7. The second-order valence-corrected chi connectivity index (χ2v) is 4.19. The van der Waals surface area contributed by atoms with Crippen LogP contribution in [0.1, 0.15) is 15.9 Å². The fourth-order valence-electron chi connectivity index (χ4n) is 1.72. The molecule has 2 N–H and O–H groups in total. The topological polar surface area (TPSA) is 92.2 Å². The Morgan fingerprint density at radius 2 is 1.90 bits per heavy atom. The van der Waals surface area contributed by atoms with Gasteiger partial charge >= 0.3 is 5.97 Å². The minimum Gasteiger partial charge on any atom is -0.480 e. The molecule has 0 fully saturated rings. The molecular formula is C14H13N3O3. The third-order valence-corrected chi connectivity index (χ3v) is 2.73. The maximum absolute atomic E-state index is 11.9. The number of carbonyl (C=O) groups excluding carboxylic acids is 1. The third kappa shape index (κ3) is 3.61. The fourth-order valence-corrected chi connectivity index (χ4v) is 1.72. The van der Waals surface area contributed by atoms with Crippen molar-refractivity contribution in [2.45, 2.75) is 12.5 Å². The average Bonchev–Trinajstić information content (AvgIpc) is 2.48. The van der Waals surface area contributed by atoms with Gasteiger partial charge in [0.2, 0.25) is 0 Å². The van der Waals surface area contributed by atoms with Gasteiger partial charge in [-0.1, -0.05) is 30.3 Å². The number of carboxylic acid groups (broad SMARTS) is 1. The first-order valence-electron chi connectivity index (χ1n) is 6.01. The van der Waals surface area contributed by atoms with Crippen molar-refractivity contribution in [1.82, 2.24) is 15.5 Å². The number of nitrogens with zero attached hydrogens (tertiary/aromatic N) is 2. The van der Waals surface area contributed by atoms with Gasteiger partial charge in [-0.25, -0.2) is 4.79 Å². The number of hydrogen-bond donors (Lipinski definition) is 2. The molecule has 6 heteroatoms. The molecule has 1 amide bonds. The summed E-state index contributed by atoms with van der Waals surface area (Å²) < 4.78 is 0. The Kier molecular flexibility index (Phi) is 4.39. The molecule has 0 bridgehead atoms. The van der Waals surface area contributed by atoms with Crippen LogP contribution in [0.15, 0.2) is 48.8 Å². The van der Waals surface area contributed by atoms with E-state index >= 15 is 0 Å². The zero-order valence-electron chi connectivity index (χ0n) is 10.6. The van der Waals surface area contributed by atoms with E-state index in [1.165, 1.54) is 18.5 Å². The van der Waals surface area contributed by atoms with E-state index in [9.17, 15) is 14.7 Å². The minimum absolute atomic E-state index is 0.223. The van der Waals surface area contributed by atoms with E-state index in [2.05, 4.69) is 15.5 Å².